The first-order valence-corrected chi connectivity index (χ1v) is 15.6. The molecule has 1 aliphatic carbocycles. The van der Waals surface area contributed by atoms with E-state index in [0.29, 0.717) is 22.0 Å². The van der Waals surface area contributed by atoms with Gasteiger partial charge in [0.05, 0.1) is 11.1 Å². The molecule has 0 saturated heterocycles. The monoisotopic (exact) mass is 788 g/mol. The Labute approximate surface area is 267 Å². The Hall–Kier alpha value is -2.44. The van der Waals surface area contributed by atoms with Crippen LogP contribution in [0.3, 0.4) is 0 Å². The molecule has 3 aromatic carbocycles. The molecule has 4 nitrogen and oxygen atoms in total. The number of hydrogen-bond donors (Lipinski definition) is 0. The van der Waals surface area contributed by atoms with Crippen molar-refractivity contribution in [3.8, 4) is 12.3 Å². The van der Waals surface area contributed by atoms with Crippen molar-refractivity contribution in [2.24, 2.45) is 0 Å². The van der Waals surface area contributed by atoms with Crippen LogP contribution < -0.4 is 0 Å². The lowest BCUT2D eigenvalue weighted by molar-refractivity contribution is -0.0573. The van der Waals surface area contributed by atoms with Crippen LogP contribution in [0.15, 0.2) is 103 Å². The number of benzene rings is 3. The summed E-state index contributed by atoms with van der Waals surface area (Å²) in [7, 11) is 0. The smallest absolute Gasteiger partial charge is 0.338 e. The van der Waals surface area contributed by atoms with Gasteiger partial charge in [-0.25, -0.2) is 9.59 Å². The average Bonchev–Trinajstić information content (AvgIpc) is 2.96. The summed E-state index contributed by atoms with van der Waals surface area (Å²) >= 11 is 14.3. The fourth-order valence-corrected chi connectivity index (χ4v) is 6.06. The van der Waals surface area contributed by atoms with Crippen molar-refractivity contribution in [3.05, 3.63) is 125 Å². The summed E-state index contributed by atoms with van der Waals surface area (Å²) in [5.41, 5.74) is 2.84. The number of carbonyl (C=O) groups is 2. The maximum atomic E-state index is 13.4. The summed E-state index contributed by atoms with van der Waals surface area (Å²) < 4.78 is 15.6. The van der Waals surface area contributed by atoms with Crippen LogP contribution in [-0.4, -0.2) is 24.1 Å². The van der Waals surface area contributed by atoms with E-state index in [1.165, 1.54) is 0 Å². The van der Waals surface area contributed by atoms with Crippen LogP contribution in [0.25, 0.3) is 0 Å². The summed E-state index contributed by atoms with van der Waals surface area (Å²) in [5.74, 6) is 0.932. The molecule has 0 heterocycles. The van der Waals surface area contributed by atoms with Crippen molar-refractivity contribution in [1.82, 2.24) is 0 Å². The number of ether oxygens (including phenoxy) is 2. The van der Waals surface area contributed by atoms with Gasteiger partial charge in [-0.1, -0.05) is 55.3 Å². The van der Waals surface area contributed by atoms with E-state index < -0.39 is 24.1 Å². The predicted octanol–water partition coefficient (Wildman–Crippen LogP) is 9.44. The molecule has 2 unspecified atom stereocenters. The van der Waals surface area contributed by atoms with Gasteiger partial charge in [0, 0.05) is 35.8 Å². The van der Waals surface area contributed by atoms with Gasteiger partial charge in [-0.2, -0.15) is 0 Å². The second-order valence-corrected chi connectivity index (χ2v) is 12.6. The Morgan fingerprint density at radius 2 is 1.32 bits per heavy atom. The normalized spacial score (nSPS) is 20.7. The van der Waals surface area contributed by atoms with Gasteiger partial charge in [0.2, 0.25) is 0 Å². The van der Waals surface area contributed by atoms with Gasteiger partial charge >= 0.3 is 11.9 Å². The summed E-state index contributed by atoms with van der Waals surface area (Å²) in [5, 5.41) is 0. The standard InChI is InChI=1S/C32H24Br4O4/c1-3-10-25(33)26(34)16-15-22-24-18-28(36)27(35)17-23(24)19(2)29(39-31(37)20-11-6-4-7-12-20)30(22)40-32(38)21-13-8-5-9-14-21/h1,4-14,16-19,22,29-30H,15H2,2H3/b25-10+,26-16+/t19-,22-,29?,30?/m0/s1. The highest BCUT2D eigenvalue weighted by atomic mass is 79.9. The van der Waals surface area contributed by atoms with Gasteiger partial charge in [-0.15, -0.1) is 6.42 Å². The molecule has 4 rings (SSSR count). The minimum atomic E-state index is -0.775. The van der Waals surface area contributed by atoms with E-state index in [1.54, 1.807) is 54.6 Å². The van der Waals surface area contributed by atoms with E-state index in [9.17, 15) is 9.59 Å². The number of fused-ring (bicyclic) bond motifs is 1. The van der Waals surface area contributed by atoms with Crippen LogP contribution >= 0.6 is 63.7 Å². The first-order chi connectivity index (χ1) is 19.2. The van der Waals surface area contributed by atoms with Crippen molar-refractivity contribution in [2.45, 2.75) is 37.4 Å². The molecule has 0 fully saturated rings. The average molecular weight is 792 g/mol. The number of hydrogen-bond acceptors (Lipinski definition) is 4. The van der Waals surface area contributed by atoms with E-state index >= 15 is 0 Å². The molecule has 0 amide bonds. The summed E-state index contributed by atoms with van der Waals surface area (Å²) in [6, 6.07) is 21.7. The lowest BCUT2D eigenvalue weighted by Crippen LogP contribution is -2.46. The van der Waals surface area contributed by atoms with E-state index in [2.05, 4.69) is 69.6 Å². The fourth-order valence-electron chi connectivity index (χ4n) is 4.74. The molecule has 0 saturated carbocycles. The van der Waals surface area contributed by atoms with Gasteiger partial charge < -0.3 is 9.47 Å². The van der Waals surface area contributed by atoms with Crippen molar-refractivity contribution in [1.29, 1.82) is 0 Å². The molecular weight excluding hydrogens is 768 g/mol. The zero-order valence-electron chi connectivity index (χ0n) is 21.3. The van der Waals surface area contributed by atoms with Gasteiger partial charge in [0.25, 0.3) is 0 Å². The Bertz CT molecular complexity index is 1490. The second kappa shape index (κ2) is 14.0. The molecule has 4 atom stereocenters. The molecule has 0 N–H and O–H groups in total. The zero-order chi connectivity index (χ0) is 28.8. The van der Waals surface area contributed by atoms with Gasteiger partial charge in [-0.3, -0.25) is 0 Å². The summed E-state index contributed by atoms with van der Waals surface area (Å²) in [6.45, 7) is 1.99. The molecule has 204 valence electrons. The highest BCUT2D eigenvalue weighted by Gasteiger charge is 2.46. The Balaban J connectivity index is 1.82. The number of rotatable bonds is 7. The van der Waals surface area contributed by atoms with E-state index in [1.807, 2.05) is 37.3 Å². The highest BCUT2D eigenvalue weighted by molar-refractivity contribution is 9.15. The third kappa shape index (κ3) is 7.06. The van der Waals surface area contributed by atoms with Crippen LogP contribution in [0.4, 0.5) is 0 Å². The van der Waals surface area contributed by atoms with Gasteiger partial charge in [0.15, 0.2) is 0 Å². The van der Waals surface area contributed by atoms with Gasteiger partial charge in [-0.05, 0) is 118 Å². The Morgan fingerprint density at radius 1 is 0.825 bits per heavy atom. The molecule has 0 radical (unpaired) electrons. The molecule has 1 aliphatic rings. The molecule has 0 bridgehead atoms. The maximum absolute atomic E-state index is 13.4. The summed E-state index contributed by atoms with van der Waals surface area (Å²) in [6.07, 6.45) is 7.95. The predicted molar refractivity (Wildman–Crippen MR) is 172 cm³/mol. The Kier molecular flexibility index (Phi) is 10.6. The van der Waals surface area contributed by atoms with Crippen LogP contribution in [0.5, 0.6) is 0 Å². The molecular formula is C32H24Br4O4. The highest BCUT2D eigenvalue weighted by Crippen LogP contribution is 2.47. The van der Waals surface area contributed by atoms with Crippen molar-refractivity contribution in [2.75, 3.05) is 0 Å². The largest absolute Gasteiger partial charge is 0.454 e. The van der Waals surface area contributed by atoms with Crippen LogP contribution in [0.1, 0.15) is 57.0 Å². The van der Waals surface area contributed by atoms with E-state index in [0.717, 1.165) is 24.6 Å². The third-order valence-corrected chi connectivity index (χ3v) is 10.5. The number of halogens is 4. The van der Waals surface area contributed by atoms with E-state index in [4.69, 9.17) is 15.9 Å². The lowest BCUT2D eigenvalue weighted by atomic mass is 9.72. The van der Waals surface area contributed by atoms with Crippen molar-refractivity contribution in [3.63, 3.8) is 0 Å². The first-order valence-electron chi connectivity index (χ1n) is 12.4. The maximum Gasteiger partial charge on any atom is 0.338 e. The lowest BCUT2D eigenvalue weighted by Gasteiger charge is -2.42. The first kappa shape index (κ1) is 30.5. The number of esters is 2. The number of terminal acetylenes is 1. The third-order valence-electron chi connectivity index (χ3n) is 6.72. The summed E-state index contributed by atoms with van der Waals surface area (Å²) in [4.78, 5) is 26.7. The van der Waals surface area contributed by atoms with Crippen LogP contribution in [0, 0.1) is 12.3 Å². The Morgan fingerprint density at radius 3 is 1.85 bits per heavy atom. The van der Waals surface area contributed by atoms with Gasteiger partial charge in [0.1, 0.15) is 12.2 Å². The molecule has 0 spiro atoms. The quantitative estimate of drug-likeness (QED) is 0.136. The molecule has 40 heavy (non-hydrogen) atoms. The van der Waals surface area contributed by atoms with Crippen molar-refractivity contribution >= 4 is 75.7 Å². The van der Waals surface area contributed by atoms with Crippen molar-refractivity contribution < 1.29 is 19.1 Å². The van der Waals surface area contributed by atoms with Crippen LogP contribution in [-0.2, 0) is 9.47 Å². The SMILES string of the molecule is C#C/C=C(Br)\C(Br)=C/C[C@H]1c2cc(Br)c(Br)cc2[C@H](C)C(OC(=O)c2ccccc2)C1OC(=O)c1ccccc1. The van der Waals surface area contributed by atoms with E-state index in [-0.39, 0.29) is 11.8 Å². The minimum absolute atomic E-state index is 0.266. The molecule has 0 aliphatic heterocycles. The topological polar surface area (TPSA) is 52.6 Å². The molecule has 8 heteroatoms. The molecule has 3 aromatic rings. The van der Waals surface area contributed by atoms with Crippen LogP contribution in [0.2, 0.25) is 0 Å². The second-order valence-electron chi connectivity index (χ2n) is 9.21. The fraction of sp³-hybridized carbons (Fsp3) is 0.188. The number of carbonyl (C=O) groups excluding carboxylic acids is 2. The minimum Gasteiger partial charge on any atom is -0.454 e. The number of allylic oxidation sites excluding steroid dienone is 4. The zero-order valence-corrected chi connectivity index (χ0v) is 27.7. The molecule has 0 aromatic heterocycles.